The average molecular weight is 442 g/mol. The predicted molar refractivity (Wildman–Crippen MR) is 127 cm³/mol. The van der Waals surface area contributed by atoms with Crippen molar-refractivity contribution in [1.29, 1.82) is 0 Å². The first-order valence-electron chi connectivity index (χ1n) is 11.1. The van der Waals surface area contributed by atoms with Gasteiger partial charge in [-0.15, -0.1) is 0 Å². The zero-order valence-corrected chi connectivity index (χ0v) is 18.7. The molecule has 0 radical (unpaired) electrons. The maximum Gasteiger partial charge on any atom is 0.188 e. The molecule has 0 spiro atoms. The second-order valence-corrected chi connectivity index (χ2v) is 8.37. The zero-order valence-electron chi connectivity index (χ0n) is 18.7. The third-order valence-electron chi connectivity index (χ3n) is 6.17. The third kappa shape index (κ3) is 3.60. The number of anilines is 1. The molecule has 166 valence electrons. The fourth-order valence-corrected chi connectivity index (χ4v) is 4.24. The van der Waals surface area contributed by atoms with Gasteiger partial charge >= 0.3 is 0 Å². The highest BCUT2D eigenvalue weighted by atomic mass is 16.5. The van der Waals surface area contributed by atoms with E-state index in [-0.39, 0.29) is 0 Å². The molecule has 0 saturated carbocycles. The number of ether oxygens (including phenoxy) is 1. The normalized spacial score (nSPS) is 16.7. The highest BCUT2D eigenvalue weighted by Gasteiger charge is 2.25. The van der Waals surface area contributed by atoms with Crippen LogP contribution in [0.4, 0.5) is 5.82 Å². The van der Waals surface area contributed by atoms with E-state index >= 15 is 0 Å². The molecule has 2 aliphatic heterocycles. The first kappa shape index (κ1) is 19.8. The second kappa shape index (κ2) is 7.93. The van der Waals surface area contributed by atoms with Crippen LogP contribution in [0.2, 0.25) is 0 Å². The summed E-state index contributed by atoms with van der Waals surface area (Å²) in [5.74, 6) is 1.74. The van der Waals surface area contributed by atoms with Crippen LogP contribution < -0.4 is 4.90 Å². The molecule has 2 aliphatic rings. The monoisotopic (exact) mass is 441 g/mol. The summed E-state index contributed by atoms with van der Waals surface area (Å²) in [5, 5.41) is 14.3. The minimum Gasteiger partial charge on any atom is -0.378 e. The van der Waals surface area contributed by atoms with Crippen molar-refractivity contribution in [3.05, 3.63) is 60.4 Å². The highest BCUT2D eigenvalue weighted by molar-refractivity contribution is 6.11. The van der Waals surface area contributed by atoms with Crippen molar-refractivity contribution in [2.75, 3.05) is 38.3 Å². The number of rotatable bonds is 4. The first-order valence-corrected chi connectivity index (χ1v) is 11.1. The molecule has 9 nitrogen and oxygen atoms in total. The predicted octanol–water partition coefficient (Wildman–Crippen LogP) is 2.63. The van der Waals surface area contributed by atoms with Gasteiger partial charge in [0.25, 0.3) is 0 Å². The number of hydrazone groups is 1. The molecule has 9 heteroatoms. The molecular weight excluding hydrogens is 416 g/mol. The molecule has 0 unspecified atom stereocenters. The zero-order chi connectivity index (χ0) is 22.4. The Kier molecular flexibility index (Phi) is 4.76. The van der Waals surface area contributed by atoms with Crippen LogP contribution in [0.1, 0.15) is 19.0 Å². The molecule has 3 aromatic heterocycles. The Balaban J connectivity index is 1.45. The minimum absolute atomic E-state index is 0.693. The largest absolute Gasteiger partial charge is 0.378 e. The van der Waals surface area contributed by atoms with E-state index < -0.39 is 0 Å². The van der Waals surface area contributed by atoms with Gasteiger partial charge in [-0.25, -0.2) is 9.67 Å². The lowest BCUT2D eigenvalue weighted by atomic mass is 10.1. The highest BCUT2D eigenvalue weighted by Crippen LogP contribution is 2.24. The van der Waals surface area contributed by atoms with E-state index in [9.17, 15) is 0 Å². The van der Waals surface area contributed by atoms with E-state index in [1.807, 2.05) is 57.5 Å². The molecule has 1 fully saturated rings. The fourth-order valence-electron chi connectivity index (χ4n) is 4.24. The van der Waals surface area contributed by atoms with Gasteiger partial charge in [-0.2, -0.15) is 14.7 Å². The van der Waals surface area contributed by atoms with Crippen LogP contribution in [0.25, 0.3) is 22.7 Å². The smallest absolute Gasteiger partial charge is 0.188 e. The summed E-state index contributed by atoms with van der Waals surface area (Å²) in [6.45, 7) is 5.08. The van der Waals surface area contributed by atoms with Gasteiger partial charge in [-0.1, -0.05) is 35.0 Å². The number of benzene rings is 1. The maximum absolute atomic E-state index is 5.58. The van der Waals surface area contributed by atoms with E-state index in [1.165, 1.54) is 5.71 Å². The summed E-state index contributed by atoms with van der Waals surface area (Å²) < 4.78 is 11.2. The van der Waals surface area contributed by atoms with Gasteiger partial charge in [-0.05, 0) is 11.2 Å². The maximum atomic E-state index is 5.58. The van der Waals surface area contributed by atoms with E-state index in [1.54, 1.807) is 0 Å². The summed E-state index contributed by atoms with van der Waals surface area (Å²) in [7, 11) is 1.97. The van der Waals surface area contributed by atoms with Crippen molar-refractivity contribution in [2.45, 2.75) is 13.3 Å². The van der Waals surface area contributed by atoms with Crippen LogP contribution in [0.15, 0.2) is 59.8 Å². The van der Waals surface area contributed by atoms with Gasteiger partial charge in [0.1, 0.15) is 17.2 Å². The van der Waals surface area contributed by atoms with Crippen LogP contribution in [-0.4, -0.2) is 73.8 Å². The number of nitrogens with zero attached hydrogens (tertiary/aromatic N) is 8. The SMILES string of the molecule is CC1=[N+](C)N=C(c2cc3nc(-n4ccc(-c5ccccc5)n4)cc(N4CCOCC4)n3n2)C1. The van der Waals surface area contributed by atoms with Crippen LogP contribution in [0.5, 0.6) is 0 Å². The van der Waals surface area contributed by atoms with Crippen LogP contribution in [0.3, 0.4) is 0 Å². The van der Waals surface area contributed by atoms with E-state index in [0.717, 1.165) is 59.5 Å². The molecule has 0 atom stereocenters. The van der Waals surface area contributed by atoms with Gasteiger partial charge in [-0.3, -0.25) is 0 Å². The topological polar surface area (TPSA) is 75.8 Å². The quantitative estimate of drug-likeness (QED) is 0.455. The number of aromatic nitrogens is 5. The van der Waals surface area contributed by atoms with Crippen LogP contribution in [-0.2, 0) is 4.74 Å². The molecule has 0 amide bonds. The van der Waals surface area contributed by atoms with Gasteiger partial charge in [0, 0.05) is 43.9 Å². The summed E-state index contributed by atoms with van der Waals surface area (Å²) in [6.07, 6.45) is 2.75. The van der Waals surface area contributed by atoms with Crippen molar-refractivity contribution >= 4 is 22.9 Å². The van der Waals surface area contributed by atoms with E-state index in [2.05, 4.69) is 35.1 Å². The molecule has 1 aromatic carbocycles. The number of hydrogen-bond donors (Lipinski definition) is 0. The minimum atomic E-state index is 0.693. The van der Waals surface area contributed by atoms with Gasteiger partial charge in [0.15, 0.2) is 24.2 Å². The van der Waals surface area contributed by atoms with Crippen molar-refractivity contribution in [1.82, 2.24) is 24.4 Å². The standard InChI is InChI=1S/C24H25N8O/c1-17-14-20(26-29(17)2)21-15-23-25-22(16-24(32(23)28-21)30-10-12-33-13-11-30)31-9-8-19(27-31)18-6-4-3-5-7-18/h3-9,15-16H,10-14H2,1-2H3/q+1. The Morgan fingerprint density at radius 2 is 1.79 bits per heavy atom. The van der Waals surface area contributed by atoms with E-state index in [4.69, 9.17) is 19.9 Å². The lowest BCUT2D eigenvalue weighted by Crippen LogP contribution is -2.37. The molecule has 0 N–H and O–H groups in total. The Morgan fingerprint density at radius 1 is 0.970 bits per heavy atom. The first-order chi connectivity index (χ1) is 16.2. The third-order valence-corrected chi connectivity index (χ3v) is 6.17. The lowest BCUT2D eigenvalue weighted by Gasteiger charge is -2.29. The summed E-state index contributed by atoms with van der Waals surface area (Å²) in [5.41, 5.74) is 5.77. The fraction of sp³-hybridized carbons (Fsp3) is 0.292. The van der Waals surface area contributed by atoms with E-state index in [0.29, 0.717) is 13.2 Å². The Hall–Kier alpha value is -3.85. The van der Waals surface area contributed by atoms with Crippen LogP contribution >= 0.6 is 0 Å². The van der Waals surface area contributed by atoms with Gasteiger partial charge in [0.05, 0.1) is 25.3 Å². The number of fused-ring (bicyclic) bond motifs is 1. The molecule has 0 aliphatic carbocycles. The lowest BCUT2D eigenvalue weighted by molar-refractivity contribution is -0.499. The Labute approximate surface area is 191 Å². The van der Waals surface area contributed by atoms with Crippen molar-refractivity contribution in [3.8, 4) is 17.1 Å². The summed E-state index contributed by atoms with van der Waals surface area (Å²) >= 11 is 0. The number of hydrogen-bond acceptors (Lipinski definition) is 6. The molecule has 33 heavy (non-hydrogen) atoms. The molecule has 0 bridgehead atoms. The van der Waals surface area contributed by atoms with Crippen LogP contribution in [0, 0.1) is 0 Å². The Morgan fingerprint density at radius 3 is 2.55 bits per heavy atom. The molecule has 1 saturated heterocycles. The summed E-state index contributed by atoms with van der Waals surface area (Å²) in [6, 6.07) is 16.2. The number of morpholine rings is 1. The van der Waals surface area contributed by atoms with Crippen molar-refractivity contribution < 1.29 is 9.42 Å². The second-order valence-electron chi connectivity index (χ2n) is 8.37. The molecule has 4 aromatic rings. The molecule has 6 rings (SSSR count). The average Bonchev–Trinajstić information content (AvgIpc) is 3.58. The Bertz CT molecular complexity index is 1390. The molecular formula is C24H25N8O+. The summed E-state index contributed by atoms with van der Waals surface area (Å²) in [4.78, 5) is 7.20. The van der Waals surface area contributed by atoms with Gasteiger partial charge in [0.2, 0.25) is 0 Å². The molecule has 5 heterocycles. The van der Waals surface area contributed by atoms with Crippen molar-refractivity contribution in [2.24, 2.45) is 5.10 Å². The van der Waals surface area contributed by atoms with Gasteiger partial charge < -0.3 is 9.64 Å². The van der Waals surface area contributed by atoms with Crippen molar-refractivity contribution in [3.63, 3.8) is 0 Å².